The SMILES string of the molecule is COCc1nc(N)cc(NC(C)C)n1. The molecule has 0 radical (unpaired) electrons. The fourth-order valence-corrected chi connectivity index (χ4v) is 1.08. The van der Waals surface area contributed by atoms with E-state index in [9.17, 15) is 0 Å². The first-order chi connectivity index (χ1) is 6.61. The molecule has 14 heavy (non-hydrogen) atoms. The van der Waals surface area contributed by atoms with Crippen LogP contribution in [0.15, 0.2) is 6.07 Å². The molecular formula is C9H16N4O. The monoisotopic (exact) mass is 196 g/mol. The Labute approximate surface area is 83.7 Å². The number of anilines is 2. The highest BCUT2D eigenvalue weighted by Crippen LogP contribution is 2.09. The van der Waals surface area contributed by atoms with E-state index in [0.29, 0.717) is 24.3 Å². The molecule has 5 heteroatoms. The van der Waals surface area contributed by atoms with Gasteiger partial charge in [0.15, 0.2) is 5.82 Å². The molecule has 0 spiro atoms. The lowest BCUT2D eigenvalue weighted by atomic mass is 10.4. The Balaban J connectivity index is 2.83. The fourth-order valence-electron chi connectivity index (χ4n) is 1.08. The second-order valence-corrected chi connectivity index (χ2v) is 3.33. The predicted molar refractivity (Wildman–Crippen MR) is 55.9 cm³/mol. The molecule has 0 fully saturated rings. The zero-order valence-electron chi connectivity index (χ0n) is 8.74. The summed E-state index contributed by atoms with van der Waals surface area (Å²) in [7, 11) is 1.60. The maximum absolute atomic E-state index is 5.62. The van der Waals surface area contributed by atoms with Gasteiger partial charge in [0.2, 0.25) is 0 Å². The summed E-state index contributed by atoms with van der Waals surface area (Å²) in [4.78, 5) is 8.27. The normalized spacial score (nSPS) is 10.6. The quantitative estimate of drug-likeness (QED) is 0.752. The van der Waals surface area contributed by atoms with Gasteiger partial charge >= 0.3 is 0 Å². The lowest BCUT2D eigenvalue weighted by Crippen LogP contribution is -2.13. The van der Waals surface area contributed by atoms with Crippen LogP contribution in [0.4, 0.5) is 11.6 Å². The number of methoxy groups -OCH3 is 1. The lowest BCUT2D eigenvalue weighted by Gasteiger charge is -2.10. The van der Waals surface area contributed by atoms with E-state index in [4.69, 9.17) is 10.5 Å². The molecule has 78 valence electrons. The second kappa shape index (κ2) is 4.76. The Bertz CT molecular complexity index is 301. The third-order valence-corrected chi connectivity index (χ3v) is 1.50. The second-order valence-electron chi connectivity index (χ2n) is 3.33. The molecule has 0 unspecified atom stereocenters. The van der Waals surface area contributed by atoms with E-state index in [1.165, 1.54) is 0 Å². The van der Waals surface area contributed by atoms with Crippen LogP contribution < -0.4 is 11.1 Å². The van der Waals surface area contributed by atoms with Gasteiger partial charge in [-0.2, -0.15) is 0 Å². The molecule has 0 aromatic carbocycles. The third-order valence-electron chi connectivity index (χ3n) is 1.50. The number of nitrogens with one attached hydrogen (secondary N) is 1. The van der Waals surface area contributed by atoms with Gasteiger partial charge < -0.3 is 15.8 Å². The predicted octanol–water partition coefficient (Wildman–Crippen LogP) is 1.03. The minimum absolute atomic E-state index is 0.319. The van der Waals surface area contributed by atoms with Crippen molar-refractivity contribution in [3.05, 3.63) is 11.9 Å². The maximum Gasteiger partial charge on any atom is 0.158 e. The van der Waals surface area contributed by atoms with Crippen molar-refractivity contribution in [1.29, 1.82) is 0 Å². The molecule has 1 aromatic rings. The Morgan fingerprint density at radius 2 is 2.21 bits per heavy atom. The molecule has 0 saturated heterocycles. The van der Waals surface area contributed by atoms with Crippen molar-refractivity contribution in [3.63, 3.8) is 0 Å². The fraction of sp³-hybridized carbons (Fsp3) is 0.556. The van der Waals surface area contributed by atoms with E-state index in [0.717, 1.165) is 5.82 Å². The van der Waals surface area contributed by atoms with Crippen molar-refractivity contribution in [2.24, 2.45) is 0 Å². The summed E-state index contributed by atoms with van der Waals surface area (Å²) in [5, 5.41) is 3.16. The van der Waals surface area contributed by atoms with Gasteiger partial charge in [0.1, 0.15) is 18.2 Å². The molecule has 0 bridgehead atoms. The summed E-state index contributed by atoms with van der Waals surface area (Å²) in [5.41, 5.74) is 5.62. The van der Waals surface area contributed by atoms with Gasteiger partial charge in [0, 0.05) is 19.2 Å². The number of hydrogen-bond donors (Lipinski definition) is 2. The molecule has 0 aliphatic rings. The molecule has 1 aromatic heterocycles. The van der Waals surface area contributed by atoms with Crippen molar-refractivity contribution < 1.29 is 4.74 Å². The molecule has 5 nitrogen and oxygen atoms in total. The minimum Gasteiger partial charge on any atom is -0.384 e. The maximum atomic E-state index is 5.62. The number of nitrogens with two attached hydrogens (primary N) is 1. The minimum atomic E-state index is 0.319. The van der Waals surface area contributed by atoms with Crippen molar-refractivity contribution in [2.45, 2.75) is 26.5 Å². The van der Waals surface area contributed by atoms with E-state index in [2.05, 4.69) is 15.3 Å². The van der Waals surface area contributed by atoms with Gasteiger partial charge in [-0.05, 0) is 13.8 Å². The average Bonchev–Trinajstić information content (AvgIpc) is 2.01. The zero-order valence-corrected chi connectivity index (χ0v) is 8.74. The van der Waals surface area contributed by atoms with Gasteiger partial charge in [-0.1, -0.05) is 0 Å². The van der Waals surface area contributed by atoms with Crippen molar-refractivity contribution in [1.82, 2.24) is 9.97 Å². The largest absolute Gasteiger partial charge is 0.384 e. The van der Waals surface area contributed by atoms with E-state index >= 15 is 0 Å². The first kappa shape index (κ1) is 10.7. The summed E-state index contributed by atoms with van der Waals surface area (Å²) in [6.45, 7) is 4.44. The molecule has 1 rings (SSSR count). The average molecular weight is 196 g/mol. The van der Waals surface area contributed by atoms with Crippen LogP contribution >= 0.6 is 0 Å². The van der Waals surface area contributed by atoms with E-state index in [-0.39, 0.29) is 0 Å². The third kappa shape index (κ3) is 3.18. The van der Waals surface area contributed by atoms with Crippen molar-refractivity contribution in [3.8, 4) is 0 Å². The van der Waals surface area contributed by atoms with Gasteiger partial charge in [-0.15, -0.1) is 0 Å². The van der Waals surface area contributed by atoms with Crippen LogP contribution in [0.25, 0.3) is 0 Å². The van der Waals surface area contributed by atoms with E-state index in [1.807, 2.05) is 13.8 Å². The number of rotatable bonds is 4. The van der Waals surface area contributed by atoms with Crippen molar-refractivity contribution in [2.75, 3.05) is 18.2 Å². The number of nitrogen functional groups attached to an aromatic ring is 1. The van der Waals surface area contributed by atoms with Crippen molar-refractivity contribution >= 4 is 11.6 Å². The Morgan fingerprint density at radius 1 is 1.50 bits per heavy atom. The Morgan fingerprint density at radius 3 is 2.79 bits per heavy atom. The molecule has 0 aliphatic carbocycles. The topological polar surface area (TPSA) is 73.1 Å². The van der Waals surface area contributed by atoms with Crippen LogP contribution in [0.2, 0.25) is 0 Å². The summed E-state index contributed by atoms with van der Waals surface area (Å²) < 4.78 is 4.93. The molecular weight excluding hydrogens is 180 g/mol. The molecule has 0 aliphatic heterocycles. The number of aromatic nitrogens is 2. The van der Waals surface area contributed by atoms with E-state index < -0.39 is 0 Å². The highest BCUT2D eigenvalue weighted by molar-refractivity contribution is 5.44. The van der Waals surface area contributed by atoms with Gasteiger partial charge in [0.05, 0.1) is 0 Å². The molecule has 0 amide bonds. The highest BCUT2D eigenvalue weighted by atomic mass is 16.5. The summed E-state index contributed by atoms with van der Waals surface area (Å²) >= 11 is 0. The van der Waals surface area contributed by atoms with Crippen LogP contribution in [-0.2, 0) is 11.3 Å². The summed E-state index contributed by atoms with van der Waals surface area (Å²) in [6.07, 6.45) is 0. The van der Waals surface area contributed by atoms with Crippen LogP contribution in [0, 0.1) is 0 Å². The number of hydrogen-bond acceptors (Lipinski definition) is 5. The standard InChI is InChI=1S/C9H16N4O/c1-6(2)11-8-4-7(10)12-9(13-8)5-14-3/h4,6H,5H2,1-3H3,(H3,10,11,12,13). The first-order valence-electron chi connectivity index (χ1n) is 4.50. The van der Waals surface area contributed by atoms with E-state index in [1.54, 1.807) is 13.2 Å². The molecule has 0 saturated carbocycles. The van der Waals surface area contributed by atoms with Gasteiger partial charge in [0.25, 0.3) is 0 Å². The Hall–Kier alpha value is -1.36. The smallest absolute Gasteiger partial charge is 0.158 e. The molecule has 3 N–H and O–H groups in total. The first-order valence-corrected chi connectivity index (χ1v) is 4.50. The van der Waals surface area contributed by atoms with Gasteiger partial charge in [-0.25, -0.2) is 9.97 Å². The van der Waals surface area contributed by atoms with Crippen LogP contribution in [0.5, 0.6) is 0 Å². The van der Waals surface area contributed by atoms with Crippen LogP contribution in [-0.4, -0.2) is 23.1 Å². The highest BCUT2D eigenvalue weighted by Gasteiger charge is 2.03. The summed E-state index contributed by atoms with van der Waals surface area (Å²) in [5.74, 6) is 1.78. The molecule has 0 atom stereocenters. The zero-order chi connectivity index (χ0) is 10.6. The van der Waals surface area contributed by atoms with Gasteiger partial charge in [-0.3, -0.25) is 0 Å². The van der Waals surface area contributed by atoms with Crippen LogP contribution in [0.3, 0.4) is 0 Å². The molecule has 1 heterocycles. The number of nitrogens with zero attached hydrogens (tertiary/aromatic N) is 2. The lowest BCUT2D eigenvalue weighted by molar-refractivity contribution is 0.178. The summed E-state index contributed by atoms with van der Waals surface area (Å²) in [6, 6.07) is 2.03. The number of ether oxygens (including phenoxy) is 1. The Kier molecular flexibility index (Phi) is 3.64. The van der Waals surface area contributed by atoms with Crippen LogP contribution in [0.1, 0.15) is 19.7 Å².